The zero-order valence-electron chi connectivity index (χ0n) is 40.4. The fourth-order valence-electron chi connectivity index (χ4n) is 17.9. The van der Waals surface area contributed by atoms with Gasteiger partial charge in [0, 0.05) is 47.0 Å². The number of hydrogen-bond acceptors (Lipinski definition) is 12. The molecule has 7 aliphatic carbocycles. The molecule has 66 heavy (non-hydrogen) atoms. The number of hydrogen-bond donors (Lipinski definition) is 6. The molecular weight excluding hydrogens is 837 g/mol. The SMILES string of the molecule is C[C@@H]1[C@]2(O[C@H]3C=C4[C@@H]5CC[C@H]6Cc7nc8c(nc7C[C@]6(C)[C@H]5C[C@@H](O)[C@]4(C)[C@]31O)C[C@@H]1CCc3c(cc4c5c3[C@H](O)C[C@@H]5[C@H](C)C3(O4)OC(C)(C)[C@@H](C)[C@H]3O)[C@@]1(C)C8)O[C@](C)(CO)C[C@H]2O. The summed E-state index contributed by atoms with van der Waals surface area (Å²) in [5.41, 5.74) is 5.79. The normalized spacial score (nSPS) is 52.9. The van der Waals surface area contributed by atoms with Crippen molar-refractivity contribution in [1.29, 1.82) is 0 Å². The molecule has 12 heteroatoms. The average Bonchev–Trinajstić information content (AvgIpc) is 3.94. The first kappa shape index (κ1) is 43.5. The van der Waals surface area contributed by atoms with Crippen LogP contribution in [0.2, 0.25) is 0 Å². The molecule has 0 bridgehead atoms. The Bertz CT molecular complexity index is 2510. The van der Waals surface area contributed by atoms with Crippen molar-refractivity contribution >= 4 is 0 Å². The maximum absolute atomic E-state index is 12.9. The van der Waals surface area contributed by atoms with Gasteiger partial charge in [0.2, 0.25) is 11.6 Å². The standard InChI is InChI=1S/C54H72N2O10/c1-24-31-16-39(58)44-30-13-11-28-15-36-37(20-49(28,7)32(30)17-40(45(31)44)63-53(24)46(61)25(2)47(4,5)65-53)55-35-14-27-10-12-29-33(50(27,8)21-38(35)56-36)18-41(59)51(9)34(29)19-43-52(51,62)26(3)54(64-43)42(60)22-48(6,23-57)66-54/h17,19,24-29,31,33,39,41-43,46,57-62H,10-16,18,20-23H2,1-9H3/t24-,25-,26-,27-,28-,29+,31+,33-,39+,41+,42+,43-,46+,48-,49-,50-,51+,52+,53?,54-/m0/s1. The van der Waals surface area contributed by atoms with Crippen molar-refractivity contribution in [3.63, 3.8) is 0 Å². The second kappa shape index (κ2) is 13.1. The summed E-state index contributed by atoms with van der Waals surface area (Å²) in [6.45, 7) is 18.5. The molecule has 1 unspecified atom stereocenters. The predicted octanol–water partition coefficient (Wildman–Crippen LogP) is 5.60. The van der Waals surface area contributed by atoms with E-state index in [1.807, 2.05) is 34.6 Å². The Hall–Kier alpha value is -2.52. The topological polar surface area (TPSA) is 184 Å². The lowest BCUT2D eigenvalue weighted by Crippen LogP contribution is -2.64. The summed E-state index contributed by atoms with van der Waals surface area (Å²) in [5.74, 6) is -1.71. The third kappa shape index (κ3) is 4.89. The van der Waals surface area contributed by atoms with Crippen molar-refractivity contribution in [2.24, 2.45) is 52.3 Å². The van der Waals surface area contributed by atoms with E-state index in [-0.39, 0.29) is 53.4 Å². The van der Waals surface area contributed by atoms with Crippen LogP contribution >= 0.6 is 0 Å². The van der Waals surface area contributed by atoms with Crippen LogP contribution in [0.15, 0.2) is 17.7 Å². The third-order valence-electron chi connectivity index (χ3n) is 22.2. The Kier molecular flexibility index (Phi) is 8.61. The van der Waals surface area contributed by atoms with Crippen LogP contribution in [0.1, 0.15) is 158 Å². The molecule has 20 atom stereocenters. The average molecular weight is 909 g/mol. The summed E-state index contributed by atoms with van der Waals surface area (Å²) in [6, 6.07) is 2.27. The molecule has 358 valence electrons. The summed E-state index contributed by atoms with van der Waals surface area (Å²) in [4.78, 5) is 11.2. The van der Waals surface area contributed by atoms with Crippen LogP contribution in [-0.4, -0.2) is 100 Å². The molecule has 6 N–H and O–H groups in total. The first-order valence-corrected chi connectivity index (χ1v) is 25.6. The van der Waals surface area contributed by atoms with E-state index < -0.39 is 70.2 Å². The zero-order chi connectivity index (χ0) is 46.4. The minimum absolute atomic E-state index is 0.0369. The van der Waals surface area contributed by atoms with Crippen LogP contribution in [0, 0.1) is 52.3 Å². The smallest absolute Gasteiger partial charge is 0.240 e. The molecule has 1 aromatic heterocycles. The molecular formula is C54H72N2O10. The van der Waals surface area contributed by atoms with Crippen molar-refractivity contribution < 1.29 is 49.6 Å². The van der Waals surface area contributed by atoms with Gasteiger partial charge >= 0.3 is 0 Å². The molecule has 0 amide bonds. The van der Waals surface area contributed by atoms with E-state index in [9.17, 15) is 30.6 Å². The van der Waals surface area contributed by atoms with Crippen LogP contribution in [-0.2, 0) is 51.7 Å². The van der Waals surface area contributed by atoms with Crippen LogP contribution in [0.3, 0.4) is 0 Å². The molecule has 1 aromatic carbocycles. The second-order valence-corrected chi connectivity index (χ2v) is 25.4. The number of fused-ring (bicyclic) bond motifs is 13. The maximum atomic E-state index is 12.9. The number of aromatic nitrogens is 2. The van der Waals surface area contributed by atoms with Gasteiger partial charge in [0.1, 0.15) is 29.7 Å². The Morgan fingerprint density at radius 1 is 0.758 bits per heavy atom. The number of nitrogens with zero attached hydrogens (tertiary/aromatic N) is 2. The molecule has 2 saturated carbocycles. The van der Waals surface area contributed by atoms with Crippen molar-refractivity contribution in [2.75, 3.05) is 6.61 Å². The van der Waals surface area contributed by atoms with Crippen molar-refractivity contribution in [1.82, 2.24) is 9.97 Å². The van der Waals surface area contributed by atoms with Crippen LogP contribution in [0.25, 0.3) is 0 Å². The fraction of sp³-hybridized carbons (Fsp3) is 0.778. The third-order valence-corrected chi connectivity index (χ3v) is 22.2. The Labute approximate surface area is 388 Å². The summed E-state index contributed by atoms with van der Waals surface area (Å²) in [7, 11) is 0. The van der Waals surface area contributed by atoms with E-state index >= 15 is 0 Å². The fourth-order valence-corrected chi connectivity index (χ4v) is 17.9. The molecule has 5 fully saturated rings. The molecule has 3 saturated heterocycles. The quantitative estimate of drug-likeness (QED) is 0.195. The summed E-state index contributed by atoms with van der Waals surface area (Å²) < 4.78 is 26.8. The molecule has 2 aromatic rings. The van der Waals surface area contributed by atoms with Gasteiger partial charge in [0.15, 0.2) is 0 Å². The van der Waals surface area contributed by atoms with Gasteiger partial charge in [0.05, 0.1) is 52.8 Å². The van der Waals surface area contributed by atoms with E-state index in [1.54, 1.807) is 6.92 Å². The lowest BCUT2D eigenvalue weighted by Gasteiger charge is -2.61. The van der Waals surface area contributed by atoms with Gasteiger partial charge in [0.25, 0.3) is 0 Å². The second-order valence-electron chi connectivity index (χ2n) is 25.4. The maximum Gasteiger partial charge on any atom is 0.240 e. The minimum Gasteiger partial charge on any atom is -0.459 e. The molecule has 0 radical (unpaired) electrons. The van der Waals surface area contributed by atoms with E-state index in [0.717, 1.165) is 96.6 Å². The van der Waals surface area contributed by atoms with Crippen LogP contribution in [0.5, 0.6) is 5.75 Å². The van der Waals surface area contributed by atoms with E-state index in [0.29, 0.717) is 24.7 Å². The van der Waals surface area contributed by atoms with Gasteiger partial charge < -0.3 is 49.6 Å². The van der Waals surface area contributed by atoms with Crippen molar-refractivity contribution in [3.8, 4) is 5.75 Å². The molecule has 12 nitrogen and oxygen atoms in total. The molecule has 5 heterocycles. The molecule has 2 spiro atoms. The van der Waals surface area contributed by atoms with Gasteiger partial charge in [-0.15, -0.1) is 0 Å². The van der Waals surface area contributed by atoms with Gasteiger partial charge in [-0.05, 0) is 136 Å². The summed E-state index contributed by atoms with van der Waals surface area (Å²) in [5, 5.41) is 70.7. The van der Waals surface area contributed by atoms with Crippen molar-refractivity contribution in [3.05, 3.63) is 62.7 Å². The van der Waals surface area contributed by atoms with Crippen LogP contribution < -0.4 is 4.74 Å². The monoisotopic (exact) mass is 909 g/mol. The predicted molar refractivity (Wildman–Crippen MR) is 241 cm³/mol. The van der Waals surface area contributed by atoms with Gasteiger partial charge in [-0.25, -0.2) is 0 Å². The highest BCUT2D eigenvalue weighted by Gasteiger charge is 2.79. The van der Waals surface area contributed by atoms with Gasteiger partial charge in [-0.2, -0.15) is 0 Å². The first-order valence-electron chi connectivity index (χ1n) is 25.6. The lowest BCUT2D eigenvalue weighted by molar-refractivity contribution is -0.280. The molecule has 4 aliphatic heterocycles. The summed E-state index contributed by atoms with van der Waals surface area (Å²) >= 11 is 0. The molecule has 11 aliphatic rings. The zero-order valence-corrected chi connectivity index (χ0v) is 40.4. The number of ether oxygens (including phenoxy) is 4. The largest absolute Gasteiger partial charge is 0.459 e. The van der Waals surface area contributed by atoms with E-state index in [2.05, 4.69) is 32.9 Å². The molecule has 13 rings (SSSR count). The van der Waals surface area contributed by atoms with Crippen LogP contribution in [0.4, 0.5) is 0 Å². The Morgan fingerprint density at radius 3 is 2.15 bits per heavy atom. The van der Waals surface area contributed by atoms with E-state index in [4.69, 9.17) is 28.9 Å². The number of benzene rings is 1. The van der Waals surface area contributed by atoms with Gasteiger partial charge in [-0.1, -0.05) is 53.2 Å². The highest BCUT2D eigenvalue weighted by Crippen LogP contribution is 2.71. The summed E-state index contributed by atoms with van der Waals surface area (Å²) in [6.07, 6.45) is 6.56. The highest BCUT2D eigenvalue weighted by atomic mass is 16.7. The number of rotatable bonds is 1. The first-order chi connectivity index (χ1) is 31.0. The number of aliphatic hydroxyl groups excluding tert-OH is 5. The minimum atomic E-state index is -1.50. The lowest BCUT2D eigenvalue weighted by atomic mass is 9.44. The van der Waals surface area contributed by atoms with E-state index in [1.165, 1.54) is 11.1 Å². The number of aliphatic hydroxyl groups is 6. The Balaban J connectivity index is 0.811. The van der Waals surface area contributed by atoms with Gasteiger partial charge in [-0.3, -0.25) is 9.97 Å². The van der Waals surface area contributed by atoms with Crippen molar-refractivity contribution in [2.45, 2.75) is 203 Å². The highest BCUT2D eigenvalue weighted by molar-refractivity contribution is 5.60. The Morgan fingerprint density at radius 2 is 1.47 bits per heavy atom.